The predicted octanol–water partition coefficient (Wildman–Crippen LogP) is 0.662. The molecule has 1 aliphatic rings. The largest absolute Gasteiger partial charge is 0.481 e. The van der Waals surface area contributed by atoms with E-state index < -0.39 is 5.97 Å². The predicted molar refractivity (Wildman–Crippen MR) is 62.8 cm³/mol. The third-order valence-electron chi connectivity index (χ3n) is 2.87. The first-order valence-corrected chi connectivity index (χ1v) is 6.19. The van der Waals surface area contributed by atoms with E-state index in [1.807, 2.05) is 0 Å². The van der Waals surface area contributed by atoms with Crippen LogP contribution in [0.5, 0.6) is 0 Å². The van der Waals surface area contributed by atoms with Crippen molar-refractivity contribution < 1.29 is 14.7 Å². The highest BCUT2D eigenvalue weighted by atomic mass is 32.1. The highest BCUT2D eigenvalue weighted by Gasteiger charge is 2.28. The van der Waals surface area contributed by atoms with Crippen LogP contribution in [0, 0.1) is 5.92 Å². The number of carbonyl (C=O) groups excluding carboxylic acids is 1. The van der Waals surface area contributed by atoms with Gasteiger partial charge in [0.05, 0.1) is 5.92 Å². The van der Waals surface area contributed by atoms with Gasteiger partial charge in [0.15, 0.2) is 5.13 Å². The topological polar surface area (TPSA) is 96.5 Å². The average molecular weight is 255 g/mol. The number of likely N-dealkylation sites (tertiary alicyclic amines) is 1. The molecule has 0 unspecified atom stereocenters. The fourth-order valence-corrected chi connectivity index (χ4v) is 2.41. The van der Waals surface area contributed by atoms with Crippen molar-refractivity contribution in [2.75, 3.05) is 18.8 Å². The third kappa shape index (κ3) is 2.55. The zero-order chi connectivity index (χ0) is 12.4. The summed E-state index contributed by atoms with van der Waals surface area (Å²) in [5, 5.41) is 10.8. The fraction of sp³-hybridized carbons (Fsp3) is 0.500. The van der Waals surface area contributed by atoms with Crippen LogP contribution in [-0.2, 0) is 4.79 Å². The lowest BCUT2D eigenvalue weighted by atomic mass is 9.97. The maximum atomic E-state index is 12.0. The fourth-order valence-electron chi connectivity index (χ4n) is 1.88. The summed E-state index contributed by atoms with van der Waals surface area (Å²) in [4.78, 5) is 28.3. The maximum absolute atomic E-state index is 12.0. The van der Waals surface area contributed by atoms with E-state index in [9.17, 15) is 9.59 Å². The van der Waals surface area contributed by atoms with E-state index in [1.54, 1.807) is 10.3 Å². The molecule has 1 aliphatic heterocycles. The van der Waals surface area contributed by atoms with E-state index in [1.165, 1.54) is 11.3 Å². The highest BCUT2D eigenvalue weighted by molar-refractivity contribution is 7.13. The molecular formula is C10H13N3O3S. The Morgan fingerprint density at radius 2 is 2.12 bits per heavy atom. The second-order valence-electron chi connectivity index (χ2n) is 3.98. The van der Waals surface area contributed by atoms with Gasteiger partial charge < -0.3 is 15.7 Å². The Morgan fingerprint density at radius 1 is 1.47 bits per heavy atom. The standard InChI is InChI=1S/C10H13N3O3S/c11-10-12-7(5-17-10)8(14)13-3-1-6(2-4-13)9(15)16/h5-6H,1-4H2,(H2,11,12)(H,15,16). The van der Waals surface area contributed by atoms with Gasteiger partial charge in [0.2, 0.25) is 0 Å². The molecule has 6 nitrogen and oxygen atoms in total. The Balaban J connectivity index is 1.97. The molecule has 17 heavy (non-hydrogen) atoms. The quantitative estimate of drug-likeness (QED) is 0.809. The van der Waals surface area contributed by atoms with E-state index in [0.29, 0.717) is 36.8 Å². The van der Waals surface area contributed by atoms with Crippen molar-refractivity contribution in [3.05, 3.63) is 11.1 Å². The number of carbonyl (C=O) groups is 2. The zero-order valence-electron chi connectivity index (χ0n) is 9.13. The number of carboxylic acids is 1. The monoisotopic (exact) mass is 255 g/mol. The van der Waals surface area contributed by atoms with Gasteiger partial charge in [-0.25, -0.2) is 4.98 Å². The minimum Gasteiger partial charge on any atom is -0.481 e. The summed E-state index contributed by atoms with van der Waals surface area (Å²) >= 11 is 1.23. The number of thiazole rings is 1. The highest BCUT2D eigenvalue weighted by Crippen LogP contribution is 2.20. The van der Waals surface area contributed by atoms with Crippen molar-refractivity contribution in [3.8, 4) is 0 Å². The maximum Gasteiger partial charge on any atom is 0.306 e. The zero-order valence-corrected chi connectivity index (χ0v) is 9.94. The van der Waals surface area contributed by atoms with Crippen LogP contribution in [0.4, 0.5) is 5.13 Å². The summed E-state index contributed by atoms with van der Waals surface area (Å²) < 4.78 is 0. The summed E-state index contributed by atoms with van der Waals surface area (Å²) in [5.74, 6) is -1.28. The molecule has 1 aromatic rings. The van der Waals surface area contributed by atoms with Crippen LogP contribution >= 0.6 is 11.3 Å². The molecule has 0 spiro atoms. The number of nitrogens with two attached hydrogens (primary N) is 1. The van der Waals surface area contributed by atoms with Crippen LogP contribution < -0.4 is 5.73 Å². The van der Waals surface area contributed by atoms with Crippen molar-refractivity contribution in [1.82, 2.24) is 9.88 Å². The molecule has 1 fully saturated rings. The molecular weight excluding hydrogens is 242 g/mol. The summed E-state index contributed by atoms with van der Waals surface area (Å²) in [6, 6.07) is 0. The Labute approximate surface area is 102 Å². The molecule has 3 N–H and O–H groups in total. The van der Waals surface area contributed by atoms with Crippen LogP contribution in [0.2, 0.25) is 0 Å². The molecule has 2 rings (SSSR count). The van der Waals surface area contributed by atoms with Crippen molar-refractivity contribution in [2.24, 2.45) is 5.92 Å². The molecule has 1 amide bonds. The van der Waals surface area contributed by atoms with Crippen LogP contribution in [0.25, 0.3) is 0 Å². The first-order chi connectivity index (χ1) is 8.08. The number of amides is 1. The van der Waals surface area contributed by atoms with E-state index in [2.05, 4.69) is 4.98 Å². The molecule has 7 heteroatoms. The van der Waals surface area contributed by atoms with E-state index in [0.717, 1.165) is 0 Å². The number of carboxylic acid groups (broad SMARTS) is 1. The van der Waals surface area contributed by atoms with Gasteiger partial charge in [-0.2, -0.15) is 0 Å². The molecule has 2 heterocycles. The second kappa shape index (κ2) is 4.70. The smallest absolute Gasteiger partial charge is 0.306 e. The van der Waals surface area contributed by atoms with Crippen molar-refractivity contribution in [3.63, 3.8) is 0 Å². The number of hydrogen-bond acceptors (Lipinski definition) is 5. The number of nitrogens with zero attached hydrogens (tertiary/aromatic N) is 2. The van der Waals surface area contributed by atoms with Gasteiger partial charge in [-0.3, -0.25) is 9.59 Å². The minimum absolute atomic E-state index is 0.165. The number of aromatic nitrogens is 1. The molecule has 0 radical (unpaired) electrons. The number of rotatable bonds is 2. The van der Waals surface area contributed by atoms with Crippen LogP contribution in [-0.4, -0.2) is 40.0 Å². The lowest BCUT2D eigenvalue weighted by molar-refractivity contribution is -0.143. The molecule has 92 valence electrons. The first-order valence-electron chi connectivity index (χ1n) is 5.31. The molecule has 0 bridgehead atoms. The molecule has 0 aromatic carbocycles. The Morgan fingerprint density at radius 3 is 2.59 bits per heavy atom. The van der Waals surface area contributed by atoms with Gasteiger partial charge in [0.1, 0.15) is 5.69 Å². The van der Waals surface area contributed by atoms with Gasteiger partial charge in [0, 0.05) is 18.5 Å². The summed E-state index contributed by atoms with van der Waals surface area (Å²) in [6.07, 6.45) is 1.00. The van der Waals surface area contributed by atoms with Crippen LogP contribution in [0.15, 0.2) is 5.38 Å². The average Bonchev–Trinajstić information content (AvgIpc) is 2.75. The summed E-state index contributed by atoms with van der Waals surface area (Å²) in [7, 11) is 0. The Bertz CT molecular complexity index is 438. The molecule has 1 saturated heterocycles. The second-order valence-corrected chi connectivity index (χ2v) is 4.87. The summed E-state index contributed by atoms with van der Waals surface area (Å²) in [6.45, 7) is 0.931. The third-order valence-corrected chi connectivity index (χ3v) is 3.55. The number of nitrogen functional groups attached to an aromatic ring is 1. The normalized spacial score (nSPS) is 17.1. The van der Waals surface area contributed by atoms with Gasteiger partial charge in [0.25, 0.3) is 5.91 Å². The van der Waals surface area contributed by atoms with Gasteiger partial charge in [-0.05, 0) is 12.8 Å². The van der Waals surface area contributed by atoms with Crippen molar-refractivity contribution in [2.45, 2.75) is 12.8 Å². The lowest BCUT2D eigenvalue weighted by Crippen LogP contribution is -2.40. The number of aliphatic carboxylic acids is 1. The van der Waals surface area contributed by atoms with Gasteiger partial charge in [-0.15, -0.1) is 11.3 Å². The van der Waals surface area contributed by atoms with Crippen molar-refractivity contribution in [1.29, 1.82) is 0 Å². The van der Waals surface area contributed by atoms with Gasteiger partial charge >= 0.3 is 5.97 Å². The molecule has 1 aromatic heterocycles. The number of piperidine rings is 1. The van der Waals surface area contributed by atoms with E-state index in [-0.39, 0.29) is 11.8 Å². The SMILES string of the molecule is Nc1nc(C(=O)N2CCC(C(=O)O)CC2)cs1. The lowest BCUT2D eigenvalue weighted by Gasteiger charge is -2.29. The molecule has 0 aliphatic carbocycles. The Kier molecular flexibility index (Phi) is 3.28. The minimum atomic E-state index is -0.782. The van der Waals surface area contributed by atoms with E-state index in [4.69, 9.17) is 10.8 Å². The summed E-state index contributed by atoms with van der Waals surface area (Å²) in [5.41, 5.74) is 5.82. The number of anilines is 1. The first kappa shape index (κ1) is 11.8. The molecule has 0 atom stereocenters. The Hall–Kier alpha value is -1.63. The van der Waals surface area contributed by atoms with Crippen molar-refractivity contribution >= 4 is 28.3 Å². The van der Waals surface area contributed by atoms with Crippen LogP contribution in [0.3, 0.4) is 0 Å². The van der Waals surface area contributed by atoms with E-state index >= 15 is 0 Å². The number of hydrogen-bond donors (Lipinski definition) is 2. The molecule has 0 saturated carbocycles. The van der Waals surface area contributed by atoms with Gasteiger partial charge in [-0.1, -0.05) is 0 Å². The van der Waals surface area contributed by atoms with Crippen LogP contribution in [0.1, 0.15) is 23.3 Å².